The molecule has 2 aromatic rings. The summed E-state index contributed by atoms with van der Waals surface area (Å²) < 4.78 is 25.4. The second-order valence-corrected chi connectivity index (χ2v) is 6.25. The van der Waals surface area contributed by atoms with Crippen LogP contribution in [0, 0.1) is 0 Å². The minimum absolute atomic E-state index is 0.290. The molecular formula is C12H17N3O2S. The van der Waals surface area contributed by atoms with E-state index < -0.39 is 9.84 Å². The van der Waals surface area contributed by atoms with Crippen molar-refractivity contribution in [3.63, 3.8) is 0 Å². The van der Waals surface area contributed by atoms with Crippen LogP contribution in [0.1, 0.15) is 12.7 Å². The molecule has 0 spiro atoms. The number of aromatic nitrogens is 2. The fraction of sp³-hybridized carbons (Fsp3) is 0.417. The second-order valence-electron chi connectivity index (χ2n) is 4.26. The molecule has 1 N–H and O–H groups in total. The fourth-order valence-corrected chi connectivity index (χ4v) is 2.76. The SMILES string of the molecule is CCNCc1nc2c(S(C)(=O)=O)cccc2n1C. The largest absolute Gasteiger partial charge is 0.330 e. The van der Waals surface area contributed by atoms with Crippen LogP contribution in [0.15, 0.2) is 23.1 Å². The Kier molecular flexibility index (Phi) is 3.41. The molecule has 0 aliphatic heterocycles. The quantitative estimate of drug-likeness (QED) is 0.900. The molecule has 0 unspecified atom stereocenters. The number of nitrogens with zero attached hydrogens (tertiary/aromatic N) is 2. The molecule has 6 heteroatoms. The van der Waals surface area contributed by atoms with Crippen LogP contribution in [0.4, 0.5) is 0 Å². The lowest BCUT2D eigenvalue weighted by Gasteiger charge is -2.02. The van der Waals surface area contributed by atoms with Crippen molar-refractivity contribution in [2.45, 2.75) is 18.4 Å². The van der Waals surface area contributed by atoms with Crippen molar-refractivity contribution in [3.05, 3.63) is 24.0 Å². The smallest absolute Gasteiger partial charge is 0.177 e. The topological polar surface area (TPSA) is 64.0 Å². The van der Waals surface area contributed by atoms with Crippen molar-refractivity contribution >= 4 is 20.9 Å². The van der Waals surface area contributed by atoms with Crippen LogP contribution in [-0.4, -0.2) is 30.8 Å². The molecule has 1 aromatic heterocycles. The van der Waals surface area contributed by atoms with Gasteiger partial charge in [0.2, 0.25) is 0 Å². The Morgan fingerprint density at radius 2 is 2.11 bits per heavy atom. The Hall–Kier alpha value is -1.40. The average Bonchev–Trinajstić information content (AvgIpc) is 2.62. The predicted octanol–water partition coefficient (Wildman–Crippen LogP) is 1.09. The molecule has 2 rings (SSSR count). The van der Waals surface area contributed by atoms with Gasteiger partial charge in [-0.1, -0.05) is 13.0 Å². The minimum atomic E-state index is -3.25. The van der Waals surface area contributed by atoms with E-state index in [1.807, 2.05) is 24.6 Å². The molecule has 1 aromatic carbocycles. The highest BCUT2D eigenvalue weighted by Gasteiger charge is 2.16. The van der Waals surface area contributed by atoms with E-state index in [0.717, 1.165) is 17.9 Å². The predicted molar refractivity (Wildman–Crippen MR) is 71.2 cm³/mol. The van der Waals surface area contributed by atoms with Crippen molar-refractivity contribution in [1.29, 1.82) is 0 Å². The first kappa shape index (κ1) is 13.0. The molecule has 0 saturated carbocycles. The summed E-state index contributed by atoms with van der Waals surface area (Å²) in [6.45, 7) is 3.50. The van der Waals surface area contributed by atoms with Gasteiger partial charge in [0.05, 0.1) is 17.0 Å². The summed E-state index contributed by atoms with van der Waals surface area (Å²) in [5, 5.41) is 3.19. The van der Waals surface area contributed by atoms with E-state index >= 15 is 0 Å². The number of imidazole rings is 1. The van der Waals surface area contributed by atoms with Gasteiger partial charge in [0.15, 0.2) is 9.84 Å². The number of hydrogen-bond donors (Lipinski definition) is 1. The van der Waals surface area contributed by atoms with Gasteiger partial charge in [-0.05, 0) is 18.7 Å². The zero-order chi connectivity index (χ0) is 13.3. The maximum absolute atomic E-state index is 11.7. The second kappa shape index (κ2) is 4.70. The summed E-state index contributed by atoms with van der Waals surface area (Å²) in [5.74, 6) is 0.836. The number of para-hydroxylation sites is 1. The van der Waals surface area contributed by atoms with Gasteiger partial charge in [-0.3, -0.25) is 0 Å². The van der Waals surface area contributed by atoms with Crippen molar-refractivity contribution in [1.82, 2.24) is 14.9 Å². The van der Waals surface area contributed by atoms with E-state index in [2.05, 4.69) is 10.3 Å². The highest BCUT2D eigenvalue weighted by molar-refractivity contribution is 7.91. The van der Waals surface area contributed by atoms with E-state index in [4.69, 9.17) is 0 Å². The van der Waals surface area contributed by atoms with Gasteiger partial charge in [0.1, 0.15) is 11.3 Å². The first-order chi connectivity index (χ1) is 8.45. The first-order valence-corrected chi connectivity index (χ1v) is 7.69. The van der Waals surface area contributed by atoms with Crippen molar-refractivity contribution in [3.8, 4) is 0 Å². The van der Waals surface area contributed by atoms with Gasteiger partial charge in [0.25, 0.3) is 0 Å². The number of sulfone groups is 1. The van der Waals surface area contributed by atoms with E-state index in [-0.39, 0.29) is 0 Å². The van der Waals surface area contributed by atoms with Crippen LogP contribution in [0.25, 0.3) is 11.0 Å². The Morgan fingerprint density at radius 1 is 1.39 bits per heavy atom. The molecule has 1 heterocycles. The summed E-state index contributed by atoms with van der Waals surface area (Å²) in [6, 6.07) is 5.23. The summed E-state index contributed by atoms with van der Waals surface area (Å²) in [5.41, 5.74) is 1.39. The lowest BCUT2D eigenvalue weighted by atomic mass is 10.3. The Labute approximate surface area is 107 Å². The molecule has 0 aliphatic carbocycles. The maximum Gasteiger partial charge on any atom is 0.177 e. The summed E-state index contributed by atoms with van der Waals surface area (Å²) in [4.78, 5) is 4.73. The molecule has 18 heavy (non-hydrogen) atoms. The monoisotopic (exact) mass is 267 g/mol. The van der Waals surface area contributed by atoms with Crippen molar-refractivity contribution < 1.29 is 8.42 Å². The summed E-state index contributed by atoms with van der Waals surface area (Å²) >= 11 is 0. The van der Waals surface area contributed by atoms with E-state index in [1.165, 1.54) is 6.26 Å². The normalized spacial score (nSPS) is 12.2. The van der Waals surface area contributed by atoms with Gasteiger partial charge in [-0.2, -0.15) is 0 Å². The van der Waals surface area contributed by atoms with Crippen LogP contribution in [0.3, 0.4) is 0 Å². The number of rotatable bonds is 4. The Bertz CT molecular complexity index is 674. The number of nitrogens with one attached hydrogen (secondary N) is 1. The third-order valence-corrected chi connectivity index (χ3v) is 4.03. The highest BCUT2D eigenvalue weighted by atomic mass is 32.2. The molecule has 0 amide bonds. The summed E-state index contributed by atoms with van der Waals surface area (Å²) in [7, 11) is -1.35. The lowest BCUT2D eigenvalue weighted by molar-refractivity contribution is 0.602. The van der Waals surface area contributed by atoms with Crippen LogP contribution >= 0.6 is 0 Å². The van der Waals surface area contributed by atoms with Crippen LogP contribution in [0.2, 0.25) is 0 Å². The van der Waals surface area contributed by atoms with Crippen molar-refractivity contribution in [2.75, 3.05) is 12.8 Å². The zero-order valence-electron chi connectivity index (χ0n) is 10.8. The number of hydrogen-bond acceptors (Lipinski definition) is 4. The van der Waals surface area contributed by atoms with E-state index in [0.29, 0.717) is 17.0 Å². The molecule has 0 radical (unpaired) electrons. The maximum atomic E-state index is 11.7. The van der Waals surface area contributed by atoms with E-state index in [9.17, 15) is 8.42 Å². The molecule has 0 atom stereocenters. The Balaban J connectivity index is 2.64. The first-order valence-electron chi connectivity index (χ1n) is 5.80. The van der Waals surface area contributed by atoms with Crippen molar-refractivity contribution in [2.24, 2.45) is 7.05 Å². The molecule has 0 bridgehead atoms. The Morgan fingerprint density at radius 3 is 2.72 bits per heavy atom. The molecule has 98 valence electrons. The van der Waals surface area contributed by atoms with Crippen LogP contribution in [-0.2, 0) is 23.4 Å². The lowest BCUT2D eigenvalue weighted by Crippen LogP contribution is -2.15. The van der Waals surface area contributed by atoms with Gasteiger partial charge >= 0.3 is 0 Å². The third kappa shape index (κ3) is 2.26. The molecule has 0 saturated heterocycles. The minimum Gasteiger partial charge on any atom is -0.330 e. The standard InChI is InChI=1S/C12H17N3O2S/c1-4-13-8-11-14-12-9(15(11)2)6-5-7-10(12)18(3,16)17/h5-7,13H,4,8H2,1-3H3. The van der Waals surface area contributed by atoms with E-state index in [1.54, 1.807) is 12.1 Å². The molecule has 0 aliphatic rings. The highest BCUT2D eigenvalue weighted by Crippen LogP contribution is 2.22. The van der Waals surface area contributed by atoms with Gasteiger partial charge < -0.3 is 9.88 Å². The number of benzene rings is 1. The molecule has 5 nitrogen and oxygen atoms in total. The average molecular weight is 267 g/mol. The van der Waals surface area contributed by atoms with Gasteiger partial charge in [-0.25, -0.2) is 13.4 Å². The number of aryl methyl sites for hydroxylation is 1. The third-order valence-electron chi connectivity index (χ3n) is 2.90. The van der Waals surface area contributed by atoms with Crippen LogP contribution < -0.4 is 5.32 Å². The number of fused-ring (bicyclic) bond motifs is 1. The van der Waals surface area contributed by atoms with Gasteiger partial charge in [0, 0.05) is 13.3 Å². The molecular weight excluding hydrogens is 250 g/mol. The van der Waals surface area contributed by atoms with Gasteiger partial charge in [-0.15, -0.1) is 0 Å². The summed E-state index contributed by atoms with van der Waals surface area (Å²) in [6.07, 6.45) is 1.21. The van der Waals surface area contributed by atoms with Crippen LogP contribution in [0.5, 0.6) is 0 Å². The molecule has 0 fully saturated rings. The fourth-order valence-electron chi connectivity index (χ4n) is 1.93. The zero-order valence-corrected chi connectivity index (χ0v) is 11.6.